The van der Waals surface area contributed by atoms with Gasteiger partial charge in [-0.1, -0.05) is 35.9 Å². The summed E-state index contributed by atoms with van der Waals surface area (Å²) in [7, 11) is 0. The summed E-state index contributed by atoms with van der Waals surface area (Å²) in [6, 6.07) is 16.5. The number of hydrazine groups is 1. The number of amides is 2. The van der Waals surface area contributed by atoms with E-state index in [1.807, 2.05) is 43.3 Å². The third-order valence-electron chi connectivity index (χ3n) is 3.85. The Balaban J connectivity index is 1.46. The molecule has 1 aromatic heterocycles. The van der Waals surface area contributed by atoms with E-state index in [2.05, 4.69) is 15.8 Å². The molecular formula is C21H18ClN3O3. The quantitative estimate of drug-likeness (QED) is 0.512. The summed E-state index contributed by atoms with van der Waals surface area (Å²) in [5, 5.41) is 1.64. The highest BCUT2D eigenvalue weighted by atomic mass is 35.5. The summed E-state index contributed by atoms with van der Waals surface area (Å²) in [6.45, 7) is 1.60. The van der Waals surface area contributed by atoms with Gasteiger partial charge in [-0.3, -0.25) is 20.4 Å². The molecule has 3 aromatic rings. The number of nitrogens with one attached hydrogen (secondary N) is 2. The molecule has 0 saturated heterocycles. The molecule has 3 rings (SSSR count). The Morgan fingerprint density at radius 3 is 2.75 bits per heavy atom. The normalized spacial score (nSPS) is 10.8. The third kappa shape index (κ3) is 5.31. The van der Waals surface area contributed by atoms with E-state index >= 15 is 0 Å². The van der Waals surface area contributed by atoms with E-state index in [0.29, 0.717) is 16.5 Å². The molecule has 0 fully saturated rings. The number of carbonyl (C=O) groups is 2. The molecule has 0 unspecified atom stereocenters. The fourth-order valence-electron chi connectivity index (χ4n) is 2.40. The topological polar surface area (TPSA) is 80.3 Å². The van der Waals surface area contributed by atoms with Crippen LogP contribution < -0.4 is 15.6 Å². The predicted octanol–water partition coefficient (Wildman–Crippen LogP) is 3.44. The molecule has 2 amide bonds. The zero-order valence-electron chi connectivity index (χ0n) is 15.1. The maximum atomic E-state index is 11.8. The van der Waals surface area contributed by atoms with Gasteiger partial charge in [-0.05, 0) is 48.9 Å². The number of fused-ring (bicyclic) bond motifs is 1. The van der Waals surface area contributed by atoms with Crippen LogP contribution in [0.1, 0.15) is 11.3 Å². The fourth-order valence-corrected chi connectivity index (χ4v) is 2.52. The lowest BCUT2D eigenvalue weighted by Gasteiger charge is -2.08. The molecule has 6 nitrogen and oxygen atoms in total. The number of halogens is 1. The predicted molar refractivity (Wildman–Crippen MR) is 109 cm³/mol. The highest BCUT2D eigenvalue weighted by Crippen LogP contribution is 2.20. The van der Waals surface area contributed by atoms with E-state index in [-0.39, 0.29) is 6.61 Å². The Morgan fingerprint density at radius 1 is 1.11 bits per heavy atom. The summed E-state index contributed by atoms with van der Waals surface area (Å²) < 4.78 is 5.36. The van der Waals surface area contributed by atoms with Crippen LogP contribution in [0.15, 0.2) is 60.7 Å². The molecule has 0 saturated carbocycles. The first-order valence-electron chi connectivity index (χ1n) is 8.53. The lowest BCUT2D eigenvalue weighted by molar-refractivity contribution is -0.128. The first kappa shape index (κ1) is 19.4. The summed E-state index contributed by atoms with van der Waals surface area (Å²) in [4.78, 5) is 28.1. The van der Waals surface area contributed by atoms with Crippen LogP contribution in [0.4, 0.5) is 0 Å². The van der Waals surface area contributed by atoms with Gasteiger partial charge in [0.05, 0.1) is 11.2 Å². The van der Waals surface area contributed by atoms with E-state index in [1.165, 1.54) is 6.08 Å². The van der Waals surface area contributed by atoms with Crippen molar-refractivity contribution in [3.05, 3.63) is 77.0 Å². The van der Waals surface area contributed by atoms with Gasteiger partial charge in [0.15, 0.2) is 6.61 Å². The zero-order chi connectivity index (χ0) is 19.9. The van der Waals surface area contributed by atoms with Crippen molar-refractivity contribution in [1.29, 1.82) is 0 Å². The SMILES string of the molecule is Cc1cc(OCC(=O)NNC(=O)C=Cc2ccc3ccccc3n2)ccc1Cl. The number of para-hydroxylation sites is 1. The zero-order valence-corrected chi connectivity index (χ0v) is 15.9. The molecule has 1 heterocycles. The molecule has 0 aliphatic heterocycles. The van der Waals surface area contributed by atoms with Crippen LogP contribution >= 0.6 is 11.6 Å². The van der Waals surface area contributed by atoms with Gasteiger partial charge in [0.25, 0.3) is 11.8 Å². The minimum Gasteiger partial charge on any atom is -0.484 e. The van der Waals surface area contributed by atoms with Gasteiger partial charge < -0.3 is 4.74 Å². The van der Waals surface area contributed by atoms with Crippen LogP contribution in [0.5, 0.6) is 5.75 Å². The monoisotopic (exact) mass is 395 g/mol. The minimum absolute atomic E-state index is 0.239. The van der Waals surface area contributed by atoms with Crippen LogP contribution in [0, 0.1) is 6.92 Å². The molecule has 142 valence electrons. The number of hydrogen-bond donors (Lipinski definition) is 2. The molecule has 28 heavy (non-hydrogen) atoms. The van der Waals surface area contributed by atoms with Gasteiger partial charge in [0.1, 0.15) is 5.75 Å². The van der Waals surface area contributed by atoms with E-state index < -0.39 is 11.8 Å². The Kier molecular flexibility index (Phi) is 6.24. The van der Waals surface area contributed by atoms with E-state index in [9.17, 15) is 9.59 Å². The van der Waals surface area contributed by atoms with Crippen molar-refractivity contribution in [2.75, 3.05) is 6.61 Å². The molecule has 7 heteroatoms. The fraction of sp³-hybridized carbons (Fsp3) is 0.0952. The maximum absolute atomic E-state index is 11.8. The lowest BCUT2D eigenvalue weighted by Crippen LogP contribution is -2.43. The van der Waals surface area contributed by atoms with Crippen molar-refractivity contribution in [3.63, 3.8) is 0 Å². The summed E-state index contributed by atoms with van der Waals surface area (Å²) in [5.74, 6) is -0.450. The smallest absolute Gasteiger partial charge is 0.276 e. The first-order valence-corrected chi connectivity index (χ1v) is 8.91. The number of pyridine rings is 1. The minimum atomic E-state index is -0.488. The lowest BCUT2D eigenvalue weighted by atomic mass is 10.2. The number of benzene rings is 2. The van der Waals surface area contributed by atoms with E-state index in [4.69, 9.17) is 16.3 Å². The number of carbonyl (C=O) groups excluding carboxylic acids is 2. The molecule has 0 aliphatic carbocycles. The average Bonchev–Trinajstić information content (AvgIpc) is 2.71. The van der Waals surface area contributed by atoms with Crippen LogP contribution in [-0.2, 0) is 9.59 Å². The van der Waals surface area contributed by atoms with Gasteiger partial charge in [0.2, 0.25) is 0 Å². The van der Waals surface area contributed by atoms with Crippen molar-refractivity contribution in [2.45, 2.75) is 6.92 Å². The number of hydrogen-bond acceptors (Lipinski definition) is 4. The number of ether oxygens (including phenoxy) is 1. The van der Waals surface area contributed by atoms with Crippen LogP contribution in [-0.4, -0.2) is 23.4 Å². The summed E-state index contributed by atoms with van der Waals surface area (Å²) in [6.07, 6.45) is 2.86. The molecule has 2 aromatic carbocycles. The number of rotatable bonds is 5. The third-order valence-corrected chi connectivity index (χ3v) is 4.27. The van der Waals surface area contributed by atoms with Gasteiger partial charge in [0, 0.05) is 16.5 Å². The summed E-state index contributed by atoms with van der Waals surface area (Å²) >= 11 is 5.94. The molecule has 0 bridgehead atoms. The number of aryl methyl sites for hydroxylation is 1. The Hall–Kier alpha value is -3.38. The standard InChI is InChI=1S/C21H18ClN3O3/c1-14-12-17(9-10-18(14)22)28-13-21(27)25-24-20(26)11-8-16-7-6-15-4-2-3-5-19(15)23-16/h2-12H,13H2,1H3,(H,24,26)(H,25,27). The second-order valence-electron chi connectivity index (χ2n) is 6.00. The Labute approximate surface area is 167 Å². The highest BCUT2D eigenvalue weighted by molar-refractivity contribution is 6.31. The van der Waals surface area contributed by atoms with E-state index in [0.717, 1.165) is 16.5 Å². The van der Waals surface area contributed by atoms with Crippen molar-refractivity contribution in [3.8, 4) is 5.75 Å². The average molecular weight is 396 g/mol. The van der Waals surface area contributed by atoms with Gasteiger partial charge in [-0.15, -0.1) is 0 Å². The molecular weight excluding hydrogens is 378 g/mol. The molecule has 0 aliphatic rings. The van der Waals surface area contributed by atoms with Crippen molar-refractivity contribution in [1.82, 2.24) is 15.8 Å². The molecule has 0 atom stereocenters. The van der Waals surface area contributed by atoms with E-state index in [1.54, 1.807) is 24.3 Å². The summed E-state index contributed by atoms with van der Waals surface area (Å²) in [5.41, 5.74) is 6.90. The largest absolute Gasteiger partial charge is 0.484 e. The number of aromatic nitrogens is 1. The van der Waals surface area contributed by atoms with Crippen molar-refractivity contribution >= 4 is 40.4 Å². The van der Waals surface area contributed by atoms with Crippen LogP contribution in [0.25, 0.3) is 17.0 Å². The molecule has 0 radical (unpaired) electrons. The van der Waals surface area contributed by atoms with Gasteiger partial charge in [-0.25, -0.2) is 4.98 Å². The van der Waals surface area contributed by atoms with Gasteiger partial charge in [-0.2, -0.15) is 0 Å². The van der Waals surface area contributed by atoms with Crippen molar-refractivity contribution < 1.29 is 14.3 Å². The highest BCUT2D eigenvalue weighted by Gasteiger charge is 2.05. The van der Waals surface area contributed by atoms with Crippen molar-refractivity contribution in [2.24, 2.45) is 0 Å². The Bertz CT molecular complexity index is 1050. The first-order chi connectivity index (χ1) is 13.5. The van der Waals surface area contributed by atoms with Crippen LogP contribution in [0.3, 0.4) is 0 Å². The maximum Gasteiger partial charge on any atom is 0.276 e. The molecule has 2 N–H and O–H groups in total. The Morgan fingerprint density at radius 2 is 1.93 bits per heavy atom. The number of nitrogens with zero attached hydrogens (tertiary/aromatic N) is 1. The van der Waals surface area contributed by atoms with Gasteiger partial charge >= 0.3 is 0 Å². The molecule has 0 spiro atoms. The second-order valence-corrected chi connectivity index (χ2v) is 6.41. The van der Waals surface area contributed by atoms with Crippen LogP contribution in [0.2, 0.25) is 5.02 Å². The second kappa shape index (κ2) is 9.01.